The van der Waals surface area contributed by atoms with Gasteiger partial charge in [-0.1, -0.05) is 11.3 Å². The average molecular weight is 315 g/mol. The van der Waals surface area contributed by atoms with Crippen LogP contribution in [0.15, 0.2) is 18.2 Å². The third-order valence-electron chi connectivity index (χ3n) is 3.71. The van der Waals surface area contributed by atoms with E-state index in [1.165, 1.54) is 23.5 Å². The molecule has 1 aromatic carbocycles. The van der Waals surface area contributed by atoms with E-state index in [1.54, 1.807) is 0 Å². The second-order valence-electron chi connectivity index (χ2n) is 5.49. The third-order valence-corrected chi connectivity index (χ3v) is 4.77. The van der Waals surface area contributed by atoms with E-state index in [9.17, 15) is 13.2 Å². The first-order valence-corrected chi connectivity index (χ1v) is 7.64. The fourth-order valence-electron chi connectivity index (χ4n) is 2.50. The number of benzene rings is 1. The van der Waals surface area contributed by atoms with Gasteiger partial charge in [0.15, 0.2) is 5.13 Å². The van der Waals surface area contributed by atoms with Crippen molar-refractivity contribution in [2.24, 2.45) is 0 Å². The van der Waals surface area contributed by atoms with Crippen LogP contribution in [0.5, 0.6) is 0 Å². The van der Waals surface area contributed by atoms with Gasteiger partial charge >= 0.3 is 6.18 Å². The lowest BCUT2D eigenvalue weighted by Gasteiger charge is -2.37. The summed E-state index contributed by atoms with van der Waals surface area (Å²) in [6, 6.07) is 4.36. The molecule has 1 N–H and O–H groups in total. The summed E-state index contributed by atoms with van der Waals surface area (Å²) in [5.74, 6) is 0. The van der Waals surface area contributed by atoms with E-state index in [0.717, 1.165) is 24.3 Å². The Labute approximate surface area is 124 Å². The van der Waals surface area contributed by atoms with Crippen LogP contribution in [-0.4, -0.2) is 30.2 Å². The Balaban J connectivity index is 1.97. The molecule has 0 radical (unpaired) electrons. The molecule has 0 spiro atoms. The minimum absolute atomic E-state index is 0.281. The van der Waals surface area contributed by atoms with Crippen LogP contribution in [0.25, 0.3) is 10.2 Å². The largest absolute Gasteiger partial charge is 0.416 e. The molecule has 7 heteroatoms. The minimum atomic E-state index is -4.31. The Morgan fingerprint density at radius 2 is 2.10 bits per heavy atom. The Bertz CT molecular complexity index is 652. The van der Waals surface area contributed by atoms with Gasteiger partial charge in [0, 0.05) is 25.2 Å². The van der Waals surface area contributed by atoms with Crippen LogP contribution in [0.4, 0.5) is 18.3 Å². The van der Waals surface area contributed by atoms with Gasteiger partial charge in [-0.25, -0.2) is 4.98 Å². The van der Waals surface area contributed by atoms with Gasteiger partial charge in [0.25, 0.3) is 0 Å². The highest BCUT2D eigenvalue weighted by molar-refractivity contribution is 7.22. The van der Waals surface area contributed by atoms with E-state index in [0.29, 0.717) is 16.3 Å². The molecule has 1 aliphatic heterocycles. The van der Waals surface area contributed by atoms with E-state index >= 15 is 0 Å². The fourth-order valence-corrected chi connectivity index (χ4v) is 3.62. The molecule has 2 heterocycles. The van der Waals surface area contributed by atoms with E-state index in [4.69, 9.17) is 0 Å². The molecule has 0 saturated carbocycles. The average Bonchev–Trinajstić information content (AvgIpc) is 2.83. The molecule has 1 aromatic heterocycles. The number of thiazole rings is 1. The predicted molar refractivity (Wildman–Crippen MR) is 78.9 cm³/mol. The minimum Gasteiger partial charge on any atom is -0.343 e. The predicted octanol–water partition coefficient (Wildman–Crippen LogP) is 3.50. The van der Waals surface area contributed by atoms with E-state index in [2.05, 4.69) is 29.0 Å². The number of hydrogen-bond donors (Lipinski definition) is 1. The van der Waals surface area contributed by atoms with Gasteiger partial charge in [0.1, 0.15) is 0 Å². The number of alkyl halides is 3. The maximum Gasteiger partial charge on any atom is 0.416 e. The summed E-state index contributed by atoms with van der Waals surface area (Å²) in [5, 5.41) is 4.18. The van der Waals surface area contributed by atoms with Crippen LogP contribution in [0.2, 0.25) is 0 Å². The van der Waals surface area contributed by atoms with Crippen LogP contribution in [0.3, 0.4) is 0 Å². The number of nitrogens with one attached hydrogen (secondary N) is 1. The summed E-state index contributed by atoms with van der Waals surface area (Å²) >= 11 is 1.33. The van der Waals surface area contributed by atoms with Crippen LogP contribution in [0.1, 0.15) is 19.4 Å². The van der Waals surface area contributed by atoms with Crippen molar-refractivity contribution in [2.45, 2.75) is 32.1 Å². The Morgan fingerprint density at radius 3 is 2.81 bits per heavy atom. The molecule has 1 fully saturated rings. The van der Waals surface area contributed by atoms with Gasteiger partial charge in [-0.15, -0.1) is 0 Å². The van der Waals surface area contributed by atoms with Crippen LogP contribution in [-0.2, 0) is 6.18 Å². The molecule has 1 saturated heterocycles. The normalized spacial score (nSPS) is 23.8. The summed E-state index contributed by atoms with van der Waals surface area (Å²) in [7, 11) is 0. The standard InChI is InChI=1S/C14H16F3N3S/c1-8-7-20(9(2)6-18-8)13-19-11-4-3-10(14(15,16)17)5-12(11)21-13/h3-5,8-9,18H,6-7H2,1-2H3. The summed E-state index contributed by atoms with van der Waals surface area (Å²) < 4.78 is 38.8. The Kier molecular flexibility index (Phi) is 3.57. The van der Waals surface area contributed by atoms with Crippen molar-refractivity contribution in [2.75, 3.05) is 18.0 Å². The van der Waals surface area contributed by atoms with E-state index in [1.807, 2.05) is 0 Å². The molecule has 2 atom stereocenters. The quantitative estimate of drug-likeness (QED) is 0.873. The van der Waals surface area contributed by atoms with Crippen molar-refractivity contribution in [1.29, 1.82) is 0 Å². The zero-order valence-corrected chi connectivity index (χ0v) is 12.6. The first kappa shape index (κ1) is 14.6. The Hall–Kier alpha value is -1.34. The van der Waals surface area contributed by atoms with Crippen LogP contribution < -0.4 is 10.2 Å². The number of piperazine rings is 1. The lowest BCUT2D eigenvalue weighted by atomic mass is 10.1. The third kappa shape index (κ3) is 2.85. The fraction of sp³-hybridized carbons (Fsp3) is 0.500. The van der Waals surface area contributed by atoms with Crippen LogP contribution in [0, 0.1) is 0 Å². The molecule has 0 bridgehead atoms. The zero-order valence-electron chi connectivity index (χ0n) is 11.7. The Morgan fingerprint density at radius 1 is 1.33 bits per heavy atom. The molecular formula is C14H16F3N3S. The molecule has 0 aliphatic carbocycles. The maximum atomic E-state index is 12.8. The monoisotopic (exact) mass is 315 g/mol. The number of fused-ring (bicyclic) bond motifs is 1. The molecule has 21 heavy (non-hydrogen) atoms. The first-order chi connectivity index (χ1) is 9.84. The van der Waals surface area contributed by atoms with Crippen molar-refractivity contribution in [1.82, 2.24) is 10.3 Å². The number of rotatable bonds is 1. The van der Waals surface area contributed by atoms with Gasteiger partial charge < -0.3 is 10.2 Å². The van der Waals surface area contributed by atoms with Crippen molar-refractivity contribution in [3.05, 3.63) is 23.8 Å². The number of aromatic nitrogens is 1. The SMILES string of the molecule is CC1CN(c2nc3ccc(C(F)(F)F)cc3s2)C(C)CN1. The van der Waals surface area contributed by atoms with Gasteiger partial charge in [0.2, 0.25) is 0 Å². The summed E-state index contributed by atoms with van der Waals surface area (Å²) in [6.45, 7) is 5.85. The van der Waals surface area contributed by atoms with Crippen molar-refractivity contribution in [3.63, 3.8) is 0 Å². The van der Waals surface area contributed by atoms with Crippen molar-refractivity contribution >= 4 is 26.7 Å². The number of hydrogen-bond acceptors (Lipinski definition) is 4. The van der Waals surface area contributed by atoms with Crippen LogP contribution >= 0.6 is 11.3 Å². The van der Waals surface area contributed by atoms with Gasteiger partial charge in [-0.3, -0.25) is 0 Å². The topological polar surface area (TPSA) is 28.2 Å². The number of nitrogens with zero attached hydrogens (tertiary/aromatic N) is 2. The second kappa shape index (κ2) is 5.14. The highest BCUT2D eigenvalue weighted by Crippen LogP contribution is 2.36. The van der Waals surface area contributed by atoms with Gasteiger partial charge in [0.05, 0.1) is 15.8 Å². The lowest BCUT2D eigenvalue weighted by Crippen LogP contribution is -2.54. The molecule has 3 nitrogen and oxygen atoms in total. The van der Waals surface area contributed by atoms with Gasteiger partial charge in [-0.05, 0) is 32.0 Å². The molecule has 0 amide bonds. The molecule has 1 aliphatic rings. The summed E-state index contributed by atoms with van der Waals surface area (Å²) in [4.78, 5) is 6.66. The lowest BCUT2D eigenvalue weighted by molar-refractivity contribution is -0.137. The van der Waals surface area contributed by atoms with Crippen molar-refractivity contribution in [3.8, 4) is 0 Å². The smallest absolute Gasteiger partial charge is 0.343 e. The molecular weight excluding hydrogens is 299 g/mol. The summed E-state index contributed by atoms with van der Waals surface area (Å²) in [5.41, 5.74) is 0.00770. The molecule has 2 unspecified atom stereocenters. The van der Waals surface area contributed by atoms with Crippen molar-refractivity contribution < 1.29 is 13.2 Å². The number of anilines is 1. The maximum absolute atomic E-state index is 12.8. The highest BCUT2D eigenvalue weighted by Gasteiger charge is 2.31. The molecule has 3 rings (SSSR count). The van der Waals surface area contributed by atoms with E-state index < -0.39 is 11.7 Å². The summed E-state index contributed by atoms with van der Waals surface area (Å²) in [6.07, 6.45) is -4.31. The first-order valence-electron chi connectivity index (χ1n) is 6.82. The highest BCUT2D eigenvalue weighted by atomic mass is 32.1. The number of halogens is 3. The molecule has 2 aromatic rings. The van der Waals surface area contributed by atoms with Gasteiger partial charge in [-0.2, -0.15) is 13.2 Å². The second-order valence-corrected chi connectivity index (χ2v) is 6.50. The molecule has 114 valence electrons. The zero-order chi connectivity index (χ0) is 15.2. The van der Waals surface area contributed by atoms with E-state index in [-0.39, 0.29) is 6.04 Å².